The lowest BCUT2D eigenvalue weighted by Crippen LogP contribution is -2.44. The van der Waals surface area contributed by atoms with E-state index in [1.54, 1.807) is 0 Å². The largest absolute Gasteiger partial charge is 0.375 e. The van der Waals surface area contributed by atoms with Crippen molar-refractivity contribution in [1.82, 2.24) is 16.0 Å². The highest BCUT2D eigenvalue weighted by atomic mass is 32.2. The van der Waals surface area contributed by atoms with Crippen LogP contribution in [0.25, 0.3) is 0 Å². The third-order valence-electron chi connectivity index (χ3n) is 6.02. The van der Waals surface area contributed by atoms with Crippen LogP contribution in [0.5, 0.6) is 0 Å². The van der Waals surface area contributed by atoms with E-state index in [1.807, 2.05) is 53.3 Å². The molecule has 2 heterocycles. The van der Waals surface area contributed by atoms with Crippen LogP contribution in [0.4, 0.5) is 4.79 Å². The molecule has 3 N–H and O–H groups in total. The van der Waals surface area contributed by atoms with Gasteiger partial charge in [-0.15, -0.1) is 0 Å². The number of rotatable bonds is 13. The molecule has 3 atom stereocenters. The van der Waals surface area contributed by atoms with Crippen LogP contribution in [-0.2, 0) is 14.3 Å². The highest BCUT2D eigenvalue weighted by Crippen LogP contribution is 2.33. The fourth-order valence-electron chi connectivity index (χ4n) is 4.03. The average molecular weight is 456 g/mol. The zero-order valence-electron chi connectivity index (χ0n) is 20.0. The molecule has 0 aromatic carbocycles. The average Bonchev–Trinajstić information content (AvgIpc) is 3.16. The summed E-state index contributed by atoms with van der Waals surface area (Å²) in [6.45, 7) is 12.2. The lowest BCUT2D eigenvalue weighted by atomic mass is 9.95. The Morgan fingerprint density at radius 3 is 2.58 bits per heavy atom. The molecule has 0 bridgehead atoms. The summed E-state index contributed by atoms with van der Waals surface area (Å²) in [5.74, 6) is 1.25. The third kappa shape index (κ3) is 8.64. The first-order valence-electron chi connectivity index (χ1n) is 11.5. The molecule has 31 heavy (non-hydrogen) atoms. The molecule has 2 fully saturated rings. The van der Waals surface area contributed by atoms with Gasteiger partial charge in [0.2, 0.25) is 5.91 Å². The normalized spacial score (nSPS) is 23.5. The van der Waals surface area contributed by atoms with Crippen molar-refractivity contribution >= 4 is 29.5 Å². The van der Waals surface area contributed by atoms with Crippen molar-refractivity contribution in [1.29, 1.82) is 0 Å². The maximum absolute atomic E-state index is 12.4. The smallest absolute Gasteiger partial charge is 0.315 e. The van der Waals surface area contributed by atoms with Crippen LogP contribution in [0, 0.1) is 5.92 Å². The molecule has 2 aliphatic heterocycles. The lowest BCUT2D eigenvalue weighted by Gasteiger charge is -2.30. The van der Waals surface area contributed by atoms with E-state index >= 15 is 0 Å². The molecule has 0 saturated carbocycles. The SMILES string of the molecule is CC(C)C(=O)CC(C)(C)OCCC(C)(C)NC(=O)CCCC[C@@H]1SC[C@@H]2NC(=O)N[C@@H]21. The molecule has 2 rings (SSSR count). The first-order valence-corrected chi connectivity index (χ1v) is 12.6. The van der Waals surface area contributed by atoms with E-state index in [-0.39, 0.29) is 41.3 Å². The minimum atomic E-state index is -0.493. The Labute approximate surface area is 191 Å². The van der Waals surface area contributed by atoms with Crippen LogP contribution in [-0.4, -0.2) is 58.6 Å². The monoisotopic (exact) mass is 455 g/mol. The molecule has 8 heteroatoms. The van der Waals surface area contributed by atoms with Gasteiger partial charge in [0.05, 0.1) is 17.7 Å². The number of hydrogen-bond donors (Lipinski definition) is 3. The number of fused-ring (bicyclic) bond motifs is 1. The summed E-state index contributed by atoms with van der Waals surface area (Å²) in [4.78, 5) is 35.8. The summed E-state index contributed by atoms with van der Waals surface area (Å²) in [6, 6.07) is 0.424. The van der Waals surface area contributed by atoms with Gasteiger partial charge in [-0.05, 0) is 47.0 Å². The second-order valence-corrected chi connectivity index (χ2v) is 11.7. The van der Waals surface area contributed by atoms with Crippen LogP contribution in [0.3, 0.4) is 0 Å². The summed E-state index contributed by atoms with van der Waals surface area (Å²) in [6.07, 6.45) is 4.44. The van der Waals surface area contributed by atoms with Gasteiger partial charge in [0.25, 0.3) is 0 Å². The topological polar surface area (TPSA) is 96.5 Å². The van der Waals surface area contributed by atoms with Crippen molar-refractivity contribution in [3.63, 3.8) is 0 Å². The van der Waals surface area contributed by atoms with Gasteiger partial charge < -0.3 is 20.7 Å². The van der Waals surface area contributed by atoms with Gasteiger partial charge in [-0.2, -0.15) is 11.8 Å². The number of thioether (sulfide) groups is 1. The van der Waals surface area contributed by atoms with Crippen molar-refractivity contribution in [3.8, 4) is 0 Å². The summed E-state index contributed by atoms with van der Waals surface area (Å²) in [7, 11) is 0. The molecule has 0 spiro atoms. The molecule has 178 valence electrons. The zero-order chi connectivity index (χ0) is 23.2. The van der Waals surface area contributed by atoms with E-state index in [0.717, 1.165) is 25.0 Å². The predicted molar refractivity (Wildman–Crippen MR) is 125 cm³/mol. The molecule has 3 amide bonds. The van der Waals surface area contributed by atoms with Crippen LogP contribution in [0.1, 0.15) is 80.1 Å². The molecular weight excluding hydrogens is 414 g/mol. The van der Waals surface area contributed by atoms with Crippen molar-refractivity contribution in [2.75, 3.05) is 12.4 Å². The highest BCUT2D eigenvalue weighted by molar-refractivity contribution is 8.00. The standard InChI is InChI=1S/C23H41N3O4S/c1-15(2)17(27)13-23(5,6)30-12-11-22(3,4)26-19(28)10-8-7-9-18-20-16(14-31-18)24-21(29)25-20/h15-16,18,20H,7-14H2,1-6H3,(H,26,28)(H2,24,25,29)/t16-,18-,20-/m0/s1. The predicted octanol–water partition coefficient (Wildman–Crippen LogP) is 3.41. The van der Waals surface area contributed by atoms with Crippen LogP contribution >= 0.6 is 11.8 Å². The molecule has 0 radical (unpaired) electrons. The number of unbranched alkanes of at least 4 members (excludes halogenated alkanes) is 1. The molecule has 2 aliphatic rings. The zero-order valence-corrected chi connectivity index (χ0v) is 20.8. The van der Waals surface area contributed by atoms with Gasteiger partial charge in [0.1, 0.15) is 5.78 Å². The molecule has 0 aromatic rings. The summed E-state index contributed by atoms with van der Waals surface area (Å²) >= 11 is 1.91. The minimum Gasteiger partial charge on any atom is -0.375 e. The molecular formula is C23H41N3O4S. The Kier molecular flexibility index (Phi) is 9.25. The number of urea groups is 1. The second-order valence-electron chi connectivity index (χ2n) is 10.5. The Bertz CT molecular complexity index is 651. The van der Waals surface area contributed by atoms with Crippen molar-refractivity contribution in [2.45, 2.75) is 109 Å². The van der Waals surface area contributed by atoms with E-state index in [1.165, 1.54) is 0 Å². The fraction of sp³-hybridized carbons (Fsp3) is 0.870. The van der Waals surface area contributed by atoms with Crippen molar-refractivity contribution in [2.24, 2.45) is 5.92 Å². The van der Waals surface area contributed by atoms with E-state index in [9.17, 15) is 14.4 Å². The maximum Gasteiger partial charge on any atom is 0.315 e. The molecule has 0 aliphatic carbocycles. The van der Waals surface area contributed by atoms with E-state index in [2.05, 4.69) is 16.0 Å². The summed E-state index contributed by atoms with van der Waals surface area (Å²) < 4.78 is 5.96. The molecule has 2 saturated heterocycles. The number of ketones is 1. The van der Waals surface area contributed by atoms with E-state index < -0.39 is 5.60 Å². The Balaban J connectivity index is 1.61. The van der Waals surface area contributed by atoms with Crippen molar-refractivity contribution < 1.29 is 19.1 Å². The van der Waals surface area contributed by atoms with Gasteiger partial charge in [-0.1, -0.05) is 20.3 Å². The van der Waals surface area contributed by atoms with E-state index in [0.29, 0.717) is 31.1 Å². The molecule has 0 unspecified atom stereocenters. The van der Waals surface area contributed by atoms with E-state index in [4.69, 9.17) is 4.74 Å². The number of nitrogens with one attached hydrogen (secondary N) is 3. The van der Waals surface area contributed by atoms with Gasteiger partial charge >= 0.3 is 6.03 Å². The fourth-order valence-corrected chi connectivity index (χ4v) is 5.58. The van der Waals surface area contributed by atoms with Gasteiger partial charge in [0.15, 0.2) is 0 Å². The van der Waals surface area contributed by atoms with Crippen molar-refractivity contribution in [3.05, 3.63) is 0 Å². The first kappa shape index (κ1) is 26.0. The van der Waals surface area contributed by atoms with Crippen LogP contribution in [0.2, 0.25) is 0 Å². The number of ether oxygens (including phenoxy) is 1. The molecule has 7 nitrogen and oxygen atoms in total. The second kappa shape index (κ2) is 11.0. The molecule has 0 aromatic heterocycles. The highest BCUT2D eigenvalue weighted by Gasteiger charge is 2.42. The first-order chi connectivity index (χ1) is 14.4. The lowest BCUT2D eigenvalue weighted by molar-refractivity contribution is -0.128. The van der Waals surface area contributed by atoms with Gasteiger partial charge in [-0.3, -0.25) is 9.59 Å². The number of carbonyl (C=O) groups excluding carboxylic acids is 3. The quantitative estimate of drug-likeness (QED) is 0.292. The summed E-state index contributed by atoms with van der Waals surface area (Å²) in [5.41, 5.74) is -0.851. The number of Topliss-reactive ketones (excluding diaryl/α,β-unsaturated/α-hetero) is 1. The number of hydrogen-bond acceptors (Lipinski definition) is 5. The Hall–Kier alpha value is -1.28. The van der Waals surface area contributed by atoms with Crippen LogP contribution < -0.4 is 16.0 Å². The Morgan fingerprint density at radius 2 is 1.90 bits per heavy atom. The summed E-state index contributed by atoms with van der Waals surface area (Å²) in [5, 5.41) is 9.52. The maximum atomic E-state index is 12.4. The number of amides is 3. The van der Waals surface area contributed by atoms with Crippen LogP contribution in [0.15, 0.2) is 0 Å². The van der Waals surface area contributed by atoms with Gasteiger partial charge in [-0.25, -0.2) is 4.79 Å². The Morgan fingerprint density at radius 1 is 1.19 bits per heavy atom. The third-order valence-corrected chi connectivity index (χ3v) is 7.53. The minimum absolute atomic E-state index is 0.0147. The van der Waals surface area contributed by atoms with Gasteiger partial charge in [0, 0.05) is 41.9 Å². The number of carbonyl (C=O) groups is 3.